The second-order valence-corrected chi connectivity index (χ2v) is 7.77. The van der Waals surface area contributed by atoms with Gasteiger partial charge < -0.3 is 9.80 Å². The highest BCUT2D eigenvalue weighted by Gasteiger charge is 2.33. The Labute approximate surface area is 190 Å². The van der Waals surface area contributed by atoms with Gasteiger partial charge in [0.2, 0.25) is 0 Å². The molecule has 0 aromatic heterocycles. The molecule has 0 N–H and O–H groups in total. The fraction of sp³-hybridized carbons (Fsp3) is 0.269. The molecule has 0 bridgehead atoms. The summed E-state index contributed by atoms with van der Waals surface area (Å²) < 4.78 is 0. The zero-order valence-electron chi connectivity index (χ0n) is 19.0. The van der Waals surface area contributed by atoms with E-state index >= 15 is 0 Å². The Morgan fingerprint density at radius 1 is 0.812 bits per heavy atom. The fourth-order valence-corrected chi connectivity index (χ4v) is 3.97. The molecule has 1 aliphatic rings. The maximum absolute atomic E-state index is 4.82. The fourth-order valence-electron chi connectivity index (χ4n) is 3.97. The molecule has 32 heavy (non-hydrogen) atoms. The number of anilines is 1. The first-order valence-corrected chi connectivity index (χ1v) is 11.1. The number of hydrogen-bond acceptors (Lipinski definition) is 6. The van der Waals surface area contributed by atoms with Gasteiger partial charge in [-0.2, -0.15) is 0 Å². The minimum Gasteiger partial charge on any atom is -0.372 e. The summed E-state index contributed by atoms with van der Waals surface area (Å²) in [4.78, 5) is 4.38. The van der Waals surface area contributed by atoms with Crippen LogP contribution in [0.4, 0.5) is 11.4 Å². The van der Waals surface area contributed by atoms with E-state index in [1.807, 2.05) is 31.3 Å². The molecule has 1 unspecified atom stereocenters. The molecule has 0 radical (unpaired) electrons. The van der Waals surface area contributed by atoms with Gasteiger partial charge in [0.1, 0.15) is 6.17 Å². The molecule has 0 saturated carbocycles. The Kier molecular flexibility index (Phi) is 6.80. The van der Waals surface area contributed by atoms with Gasteiger partial charge in [-0.1, -0.05) is 60.7 Å². The Hall–Kier alpha value is -3.67. The normalized spacial score (nSPS) is 16.0. The smallest absolute Gasteiger partial charge is 0.263 e. The van der Waals surface area contributed by atoms with Crippen LogP contribution in [-0.4, -0.2) is 36.0 Å². The second-order valence-electron chi connectivity index (χ2n) is 7.77. The first-order valence-electron chi connectivity index (χ1n) is 11.1. The zero-order valence-corrected chi connectivity index (χ0v) is 19.0. The topological polar surface area (TPSA) is 46.8 Å². The van der Waals surface area contributed by atoms with Gasteiger partial charge in [0, 0.05) is 25.8 Å². The minimum absolute atomic E-state index is 0.0320. The van der Waals surface area contributed by atoms with Crippen LogP contribution in [-0.2, 0) is 6.54 Å². The van der Waals surface area contributed by atoms with E-state index in [1.54, 1.807) is 0 Å². The van der Waals surface area contributed by atoms with Crippen molar-refractivity contribution >= 4 is 17.3 Å². The second kappa shape index (κ2) is 10.1. The third-order valence-electron chi connectivity index (χ3n) is 5.70. The average molecular weight is 427 g/mol. The van der Waals surface area contributed by atoms with Crippen LogP contribution in [0.5, 0.6) is 0 Å². The number of guanidine groups is 1. The van der Waals surface area contributed by atoms with E-state index in [0.717, 1.165) is 18.8 Å². The van der Waals surface area contributed by atoms with E-state index in [9.17, 15) is 0 Å². The van der Waals surface area contributed by atoms with Crippen molar-refractivity contribution < 1.29 is 0 Å². The standard InChI is InChI=1S/C26H30N6/c1-4-31(5-2)24-18-16-23(17-19-24)27-28-26-29-32(20-21-12-8-6-9-13-21)25(30(26)3)22-14-10-7-11-15-22/h6-19,25H,4-5,20H2,1-3H3. The molecule has 0 fully saturated rings. The summed E-state index contributed by atoms with van der Waals surface area (Å²) in [6, 6.07) is 29.0. The molecule has 3 aromatic rings. The molecule has 3 aromatic carbocycles. The van der Waals surface area contributed by atoms with Gasteiger partial charge in [0.25, 0.3) is 5.96 Å². The Morgan fingerprint density at radius 2 is 1.44 bits per heavy atom. The summed E-state index contributed by atoms with van der Waals surface area (Å²) in [7, 11) is 2.02. The molecule has 0 amide bonds. The summed E-state index contributed by atoms with van der Waals surface area (Å²) in [5, 5.41) is 15.9. The van der Waals surface area contributed by atoms with Crippen molar-refractivity contribution in [3.8, 4) is 0 Å². The molecule has 1 aliphatic heterocycles. The lowest BCUT2D eigenvalue weighted by Crippen LogP contribution is -2.31. The lowest BCUT2D eigenvalue weighted by atomic mass is 10.1. The summed E-state index contributed by atoms with van der Waals surface area (Å²) in [6.45, 7) is 6.99. The van der Waals surface area contributed by atoms with Crippen LogP contribution in [0, 0.1) is 0 Å². The molecule has 6 heteroatoms. The summed E-state index contributed by atoms with van der Waals surface area (Å²) >= 11 is 0. The highest BCUT2D eigenvalue weighted by molar-refractivity contribution is 5.82. The molecule has 0 aliphatic carbocycles. The van der Waals surface area contributed by atoms with E-state index in [4.69, 9.17) is 5.10 Å². The van der Waals surface area contributed by atoms with E-state index < -0.39 is 0 Å². The summed E-state index contributed by atoms with van der Waals surface area (Å²) in [6.07, 6.45) is -0.0320. The number of rotatable bonds is 7. The molecular weight excluding hydrogens is 396 g/mol. The highest BCUT2D eigenvalue weighted by atomic mass is 15.6. The Balaban J connectivity index is 1.56. The first kappa shape index (κ1) is 21.6. The van der Waals surface area contributed by atoms with Crippen LogP contribution >= 0.6 is 0 Å². The van der Waals surface area contributed by atoms with Gasteiger partial charge in [-0.25, -0.2) is 0 Å². The monoisotopic (exact) mass is 426 g/mol. The maximum atomic E-state index is 4.82. The first-order chi connectivity index (χ1) is 15.7. The number of benzene rings is 3. The quantitative estimate of drug-likeness (QED) is 0.433. The Morgan fingerprint density at radius 3 is 2.06 bits per heavy atom. The van der Waals surface area contributed by atoms with Crippen LogP contribution in [0.1, 0.15) is 31.1 Å². The lowest BCUT2D eigenvalue weighted by Gasteiger charge is -2.28. The SMILES string of the molecule is CCN(CC)c1ccc(N=NC2=NN(Cc3ccccc3)C(c3ccccc3)N2C)cc1. The largest absolute Gasteiger partial charge is 0.372 e. The van der Waals surface area contributed by atoms with Gasteiger partial charge in [-0.15, -0.1) is 15.3 Å². The Bertz CT molecular complexity index is 1040. The van der Waals surface area contributed by atoms with Crippen molar-refractivity contribution in [3.05, 3.63) is 96.1 Å². The number of nitrogens with zero attached hydrogens (tertiary/aromatic N) is 6. The number of azo groups is 1. The predicted molar refractivity (Wildman–Crippen MR) is 131 cm³/mol. The molecule has 1 heterocycles. The van der Waals surface area contributed by atoms with Crippen molar-refractivity contribution in [1.82, 2.24) is 9.91 Å². The van der Waals surface area contributed by atoms with Crippen molar-refractivity contribution in [2.24, 2.45) is 15.3 Å². The zero-order chi connectivity index (χ0) is 22.3. The van der Waals surface area contributed by atoms with Crippen LogP contribution in [0.3, 0.4) is 0 Å². The van der Waals surface area contributed by atoms with E-state index in [1.165, 1.54) is 16.8 Å². The van der Waals surface area contributed by atoms with Crippen molar-refractivity contribution in [2.75, 3.05) is 25.0 Å². The predicted octanol–water partition coefficient (Wildman–Crippen LogP) is 6.03. The summed E-state index contributed by atoms with van der Waals surface area (Å²) in [5.41, 5.74) is 4.39. The minimum atomic E-state index is -0.0320. The molecule has 4 rings (SSSR count). The third kappa shape index (κ3) is 4.80. The van der Waals surface area contributed by atoms with E-state index in [2.05, 4.69) is 99.5 Å². The van der Waals surface area contributed by atoms with Crippen molar-refractivity contribution in [2.45, 2.75) is 26.6 Å². The van der Waals surface area contributed by atoms with Gasteiger partial charge >= 0.3 is 0 Å². The maximum Gasteiger partial charge on any atom is 0.263 e. The van der Waals surface area contributed by atoms with Crippen LogP contribution < -0.4 is 4.90 Å². The van der Waals surface area contributed by atoms with Gasteiger partial charge in [0.15, 0.2) is 0 Å². The summed E-state index contributed by atoms with van der Waals surface area (Å²) in [5.74, 6) is 0.600. The molecule has 0 saturated heterocycles. The number of hydrazone groups is 1. The van der Waals surface area contributed by atoms with Gasteiger partial charge in [0.05, 0.1) is 12.2 Å². The molecule has 1 atom stereocenters. The van der Waals surface area contributed by atoms with Crippen LogP contribution in [0.25, 0.3) is 0 Å². The van der Waals surface area contributed by atoms with E-state index in [-0.39, 0.29) is 6.17 Å². The molecule has 6 nitrogen and oxygen atoms in total. The van der Waals surface area contributed by atoms with Crippen LogP contribution in [0.15, 0.2) is 100 Å². The van der Waals surface area contributed by atoms with Gasteiger partial charge in [-0.05, 0) is 49.2 Å². The molecular formula is C26H30N6. The highest BCUT2D eigenvalue weighted by Crippen LogP contribution is 2.32. The van der Waals surface area contributed by atoms with E-state index in [0.29, 0.717) is 12.5 Å². The molecule has 164 valence electrons. The average Bonchev–Trinajstić information content (AvgIpc) is 3.15. The lowest BCUT2D eigenvalue weighted by molar-refractivity contribution is 0.139. The molecule has 0 spiro atoms. The third-order valence-corrected chi connectivity index (χ3v) is 5.70. The van der Waals surface area contributed by atoms with Crippen molar-refractivity contribution in [1.29, 1.82) is 0 Å². The van der Waals surface area contributed by atoms with Crippen molar-refractivity contribution in [3.63, 3.8) is 0 Å². The van der Waals surface area contributed by atoms with Gasteiger partial charge in [-0.3, -0.25) is 5.01 Å². The van der Waals surface area contributed by atoms with Crippen LogP contribution in [0.2, 0.25) is 0 Å². The number of hydrogen-bond donors (Lipinski definition) is 0.